The molecule has 3 rings (SSSR count). The summed E-state index contributed by atoms with van der Waals surface area (Å²) in [5.41, 5.74) is 1.44. The predicted octanol–water partition coefficient (Wildman–Crippen LogP) is 3.37. The van der Waals surface area contributed by atoms with Crippen molar-refractivity contribution in [1.82, 2.24) is 0 Å². The van der Waals surface area contributed by atoms with Crippen LogP contribution in [0.3, 0.4) is 0 Å². The van der Waals surface area contributed by atoms with Gasteiger partial charge in [0.25, 0.3) is 5.69 Å². The quantitative estimate of drug-likeness (QED) is 0.313. The number of carbonyl (C=O) groups is 1. The van der Waals surface area contributed by atoms with Crippen LogP contribution in [0.4, 0.5) is 5.69 Å². The zero-order valence-electron chi connectivity index (χ0n) is 13.2. The number of carbonyl (C=O) groups excluding carboxylic acids is 1. The molecule has 25 heavy (non-hydrogen) atoms. The summed E-state index contributed by atoms with van der Waals surface area (Å²) in [4.78, 5) is 33.8. The largest absolute Gasteiger partial charge is 0.457 e. The van der Waals surface area contributed by atoms with Crippen LogP contribution in [-0.4, -0.2) is 10.9 Å². The van der Waals surface area contributed by atoms with Crippen LogP contribution in [0.5, 0.6) is 0 Å². The van der Waals surface area contributed by atoms with Crippen LogP contribution in [0.1, 0.15) is 21.5 Å². The smallest absolute Gasteiger partial charge is 0.338 e. The Kier molecular flexibility index (Phi) is 4.30. The standard InChI is InChI=1S/C18H13NO6/c1-11-2-7-15-13(9-17(20)25-16(15)8-11)10-24-18(21)12-3-5-14(6-4-12)19(22)23/h2-9H,10H2,1H3. The van der Waals surface area contributed by atoms with E-state index in [-0.39, 0.29) is 17.9 Å². The number of aryl methyl sites for hydroxylation is 1. The minimum Gasteiger partial charge on any atom is -0.457 e. The molecule has 126 valence electrons. The van der Waals surface area contributed by atoms with E-state index in [1.54, 1.807) is 12.1 Å². The summed E-state index contributed by atoms with van der Waals surface area (Å²) in [5.74, 6) is -0.636. The fourth-order valence-electron chi connectivity index (χ4n) is 2.40. The zero-order chi connectivity index (χ0) is 18.0. The van der Waals surface area contributed by atoms with E-state index in [2.05, 4.69) is 0 Å². The average Bonchev–Trinajstić information content (AvgIpc) is 2.58. The molecule has 0 aliphatic carbocycles. The van der Waals surface area contributed by atoms with Gasteiger partial charge in [-0.3, -0.25) is 10.1 Å². The van der Waals surface area contributed by atoms with Crippen molar-refractivity contribution in [2.75, 3.05) is 0 Å². The molecule has 0 unspecified atom stereocenters. The first-order valence-electron chi connectivity index (χ1n) is 7.39. The van der Waals surface area contributed by atoms with Gasteiger partial charge in [0.15, 0.2) is 0 Å². The van der Waals surface area contributed by atoms with Gasteiger partial charge in [0, 0.05) is 29.1 Å². The lowest BCUT2D eigenvalue weighted by Crippen LogP contribution is -2.08. The zero-order valence-corrected chi connectivity index (χ0v) is 13.2. The fourth-order valence-corrected chi connectivity index (χ4v) is 2.40. The molecule has 1 aromatic heterocycles. The van der Waals surface area contributed by atoms with Crippen molar-refractivity contribution in [3.63, 3.8) is 0 Å². The average molecular weight is 339 g/mol. The van der Waals surface area contributed by atoms with Gasteiger partial charge in [0.1, 0.15) is 12.2 Å². The van der Waals surface area contributed by atoms with Gasteiger partial charge < -0.3 is 9.15 Å². The van der Waals surface area contributed by atoms with Crippen LogP contribution in [0.25, 0.3) is 11.0 Å². The highest BCUT2D eigenvalue weighted by Crippen LogP contribution is 2.20. The highest BCUT2D eigenvalue weighted by atomic mass is 16.6. The number of nitro groups is 1. The van der Waals surface area contributed by atoms with Gasteiger partial charge in [-0.1, -0.05) is 12.1 Å². The fraction of sp³-hybridized carbons (Fsp3) is 0.111. The molecule has 0 fully saturated rings. The number of nitro benzene ring substituents is 1. The Balaban J connectivity index is 1.81. The Hall–Kier alpha value is -3.48. The third kappa shape index (κ3) is 3.55. The second-order valence-corrected chi connectivity index (χ2v) is 5.47. The van der Waals surface area contributed by atoms with Crippen molar-refractivity contribution in [3.8, 4) is 0 Å². The van der Waals surface area contributed by atoms with Gasteiger partial charge in [-0.25, -0.2) is 9.59 Å². The summed E-state index contributed by atoms with van der Waals surface area (Å²) in [7, 11) is 0. The van der Waals surface area contributed by atoms with Crippen molar-refractivity contribution in [1.29, 1.82) is 0 Å². The van der Waals surface area contributed by atoms with Crippen LogP contribution in [0, 0.1) is 17.0 Å². The monoisotopic (exact) mass is 339 g/mol. The summed E-state index contributed by atoms with van der Waals surface area (Å²) in [5, 5.41) is 11.3. The molecular weight excluding hydrogens is 326 g/mol. The number of esters is 1. The Morgan fingerprint density at radius 3 is 2.56 bits per heavy atom. The number of fused-ring (bicyclic) bond motifs is 1. The maximum absolute atomic E-state index is 12.1. The van der Waals surface area contributed by atoms with E-state index in [9.17, 15) is 19.7 Å². The minimum atomic E-state index is -0.636. The number of ether oxygens (including phenoxy) is 1. The summed E-state index contributed by atoms with van der Waals surface area (Å²) in [6.45, 7) is 1.77. The SMILES string of the molecule is Cc1ccc2c(COC(=O)c3ccc([N+](=O)[O-])cc3)cc(=O)oc2c1. The summed E-state index contributed by atoms with van der Waals surface area (Å²) in [6.07, 6.45) is 0. The molecule has 1 heterocycles. The van der Waals surface area contributed by atoms with E-state index in [1.807, 2.05) is 13.0 Å². The number of hydrogen-bond acceptors (Lipinski definition) is 6. The van der Waals surface area contributed by atoms with Gasteiger partial charge in [-0.15, -0.1) is 0 Å². The van der Waals surface area contributed by atoms with Gasteiger partial charge >= 0.3 is 11.6 Å². The minimum absolute atomic E-state index is 0.110. The second kappa shape index (κ2) is 6.56. The maximum atomic E-state index is 12.1. The van der Waals surface area contributed by atoms with E-state index in [4.69, 9.17) is 9.15 Å². The molecule has 3 aromatic rings. The van der Waals surface area contributed by atoms with E-state index in [0.29, 0.717) is 16.5 Å². The van der Waals surface area contributed by atoms with Crippen LogP contribution in [0.15, 0.2) is 57.7 Å². The van der Waals surface area contributed by atoms with Crippen molar-refractivity contribution in [2.24, 2.45) is 0 Å². The first-order chi connectivity index (χ1) is 11.9. The molecule has 0 aliphatic heterocycles. The molecule has 2 aromatic carbocycles. The molecule has 0 amide bonds. The Morgan fingerprint density at radius 2 is 1.88 bits per heavy atom. The van der Waals surface area contributed by atoms with Crippen molar-refractivity contribution in [3.05, 3.63) is 85.8 Å². The van der Waals surface area contributed by atoms with Gasteiger partial charge in [-0.05, 0) is 30.7 Å². The molecule has 7 heteroatoms. The normalized spacial score (nSPS) is 10.6. The molecule has 7 nitrogen and oxygen atoms in total. The molecule has 0 aliphatic rings. The summed E-state index contributed by atoms with van der Waals surface area (Å²) in [6, 6.07) is 11.8. The molecule has 0 saturated heterocycles. The number of nitrogens with zero attached hydrogens (tertiary/aromatic N) is 1. The highest BCUT2D eigenvalue weighted by molar-refractivity contribution is 5.90. The first kappa shape index (κ1) is 16.4. The van der Waals surface area contributed by atoms with Crippen molar-refractivity contribution >= 4 is 22.6 Å². The third-order valence-corrected chi connectivity index (χ3v) is 3.66. The molecule has 0 atom stereocenters. The van der Waals surface area contributed by atoms with Gasteiger partial charge in [0.05, 0.1) is 10.5 Å². The molecule has 0 N–H and O–H groups in total. The van der Waals surface area contributed by atoms with Crippen LogP contribution < -0.4 is 5.63 Å². The Morgan fingerprint density at radius 1 is 1.16 bits per heavy atom. The Bertz CT molecular complexity index is 1020. The third-order valence-electron chi connectivity index (χ3n) is 3.66. The van der Waals surface area contributed by atoms with E-state index in [1.165, 1.54) is 30.3 Å². The molecule has 0 spiro atoms. The van der Waals surface area contributed by atoms with Crippen molar-refractivity contribution in [2.45, 2.75) is 13.5 Å². The molecule has 0 saturated carbocycles. The number of non-ortho nitro benzene ring substituents is 1. The lowest BCUT2D eigenvalue weighted by molar-refractivity contribution is -0.384. The number of hydrogen-bond donors (Lipinski definition) is 0. The second-order valence-electron chi connectivity index (χ2n) is 5.47. The van der Waals surface area contributed by atoms with E-state index >= 15 is 0 Å². The van der Waals surface area contributed by atoms with Crippen LogP contribution >= 0.6 is 0 Å². The summed E-state index contributed by atoms with van der Waals surface area (Å²) < 4.78 is 10.4. The maximum Gasteiger partial charge on any atom is 0.338 e. The topological polar surface area (TPSA) is 99.6 Å². The lowest BCUT2D eigenvalue weighted by atomic mass is 10.1. The molecule has 0 bridgehead atoms. The van der Waals surface area contributed by atoms with Crippen LogP contribution in [-0.2, 0) is 11.3 Å². The number of rotatable bonds is 4. The highest BCUT2D eigenvalue weighted by Gasteiger charge is 2.12. The lowest BCUT2D eigenvalue weighted by Gasteiger charge is -2.07. The van der Waals surface area contributed by atoms with E-state index < -0.39 is 16.5 Å². The first-order valence-corrected chi connectivity index (χ1v) is 7.39. The molecular formula is C18H13NO6. The van der Waals surface area contributed by atoms with Gasteiger partial charge in [0.2, 0.25) is 0 Å². The number of benzene rings is 2. The predicted molar refractivity (Wildman–Crippen MR) is 89.4 cm³/mol. The van der Waals surface area contributed by atoms with Gasteiger partial charge in [-0.2, -0.15) is 0 Å². The summed E-state index contributed by atoms with van der Waals surface area (Å²) >= 11 is 0. The van der Waals surface area contributed by atoms with Crippen molar-refractivity contribution < 1.29 is 18.9 Å². The van der Waals surface area contributed by atoms with E-state index in [0.717, 1.165) is 5.56 Å². The Labute approximate surface area is 141 Å². The van der Waals surface area contributed by atoms with Crippen LogP contribution in [0.2, 0.25) is 0 Å². The molecule has 0 radical (unpaired) electrons.